The highest BCUT2D eigenvalue weighted by Gasteiger charge is 2.33. The van der Waals surface area contributed by atoms with Gasteiger partial charge in [0.05, 0.1) is 41.8 Å². The van der Waals surface area contributed by atoms with Gasteiger partial charge in [-0.25, -0.2) is 12.8 Å². The fraction of sp³-hybridized carbons (Fsp3) is 0.333. The summed E-state index contributed by atoms with van der Waals surface area (Å²) in [6.07, 6.45) is 6.59. The van der Waals surface area contributed by atoms with Gasteiger partial charge < -0.3 is 14.0 Å². The number of aromatic nitrogens is 1. The molecular formula is C24H24FN3O5S2. The number of rotatable bonds is 6. The predicted molar refractivity (Wildman–Crippen MR) is 130 cm³/mol. The first-order valence-corrected chi connectivity index (χ1v) is 13.1. The molecule has 1 saturated heterocycles. The van der Waals surface area contributed by atoms with Crippen LogP contribution in [0.15, 0.2) is 46.3 Å². The monoisotopic (exact) mass is 517 g/mol. The van der Waals surface area contributed by atoms with Crippen LogP contribution >= 0.6 is 11.3 Å². The van der Waals surface area contributed by atoms with E-state index in [2.05, 4.69) is 10.9 Å². The number of terminal acetylenes is 1. The van der Waals surface area contributed by atoms with E-state index in [1.54, 1.807) is 16.7 Å². The van der Waals surface area contributed by atoms with E-state index in [0.717, 1.165) is 22.3 Å². The highest BCUT2D eigenvalue weighted by molar-refractivity contribution is 7.89. The number of methoxy groups -OCH3 is 2. The molecule has 1 amide bonds. The Morgan fingerprint density at radius 3 is 2.57 bits per heavy atom. The van der Waals surface area contributed by atoms with Gasteiger partial charge in [-0.2, -0.15) is 9.30 Å². The predicted octanol–water partition coefficient (Wildman–Crippen LogP) is 3.02. The number of piperidine rings is 1. The molecule has 1 fully saturated rings. The van der Waals surface area contributed by atoms with E-state index in [9.17, 15) is 17.6 Å². The van der Waals surface area contributed by atoms with Crippen LogP contribution < -0.4 is 14.3 Å². The first kappa shape index (κ1) is 24.9. The van der Waals surface area contributed by atoms with Gasteiger partial charge in [-0.3, -0.25) is 4.79 Å². The molecule has 1 atom stereocenters. The molecule has 2 aromatic carbocycles. The Morgan fingerprint density at radius 1 is 1.23 bits per heavy atom. The number of halogens is 1. The summed E-state index contributed by atoms with van der Waals surface area (Å²) in [5, 5.41) is 0. The minimum atomic E-state index is -3.85. The maximum atomic E-state index is 13.2. The fourth-order valence-corrected chi connectivity index (χ4v) is 6.60. The van der Waals surface area contributed by atoms with Gasteiger partial charge in [0.1, 0.15) is 5.82 Å². The van der Waals surface area contributed by atoms with E-state index in [-0.39, 0.29) is 24.5 Å². The van der Waals surface area contributed by atoms with Crippen LogP contribution in [0.1, 0.15) is 12.8 Å². The lowest BCUT2D eigenvalue weighted by molar-refractivity contribution is -0.122. The maximum Gasteiger partial charge on any atom is 0.252 e. The third-order valence-electron chi connectivity index (χ3n) is 5.83. The van der Waals surface area contributed by atoms with Crippen LogP contribution in [0.25, 0.3) is 10.2 Å². The Balaban J connectivity index is 1.66. The van der Waals surface area contributed by atoms with E-state index in [1.807, 2.05) is 0 Å². The molecule has 3 aromatic rings. The summed E-state index contributed by atoms with van der Waals surface area (Å²) >= 11 is 1.29. The Labute approximate surface area is 206 Å². The number of fused-ring (bicyclic) bond motifs is 1. The van der Waals surface area contributed by atoms with Gasteiger partial charge in [-0.1, -0.05) is 17.3 Å². The number of hydrogen-bond acceptors (Lipinski definition) is 6. The molecule has 0 saturated carbocycles. The molecule has 35 heavy (non-hydrogen) atoms. The zero-order chi connectivity index (χ0) is 25.2. The lowest BCUT2D eigenvalue weighted by Gasteiger charge is -2.30. The largest absolute Gasteiger partial charge is 0.493 e. The van der Waals surface area contributed by atoms with Crippen molar-refractivity contribution < 1.29 is 27.1 Å². The molecule has 0 radical (unpaired) electrons. The van der Waals surface area contributed by atoms with Crippen molar-refractivity contribution in [3.63, 3.8) is 0 Å². The summed E-state index contributed by atoms with van der Waals surface area (Å²) in [5.41, 5.74) is 0.751. The van der Waals surface area contributed by atoms with Gasteiger partial charge in [0.25, 0.3) is 5.91 Å². The highest BCUT2D eigenvalue weighted by atomic mass is 32.2. The molecule has 184 valence electrons. The molecule has 0 bridgehead atoms. The first-order chi connectivity index (χ1) is 16.8. The van der Waals surface area contributed by atoms with Crippen molar-refractivity contribution in [2.75, 3.05) is 27.3 Å². The number of benzene rings is 2. The van der Waals surface area contributed by atoms with Crippen molar-refractivity contribution in [3.8, 4) is 23.8 Å². The Bertz CT molecular complexity index is 1470. The number of amides is 1. The van der Waals surface area contributed by atoms with Crippen LogP contribution in [-0.4, -0.2) is 50.5 Å². The van der Waals surface area contributed by atoms with Gasteiger partial charge in [0.2, 0.25) is 10.0 Å². The zero-order valence-electron chi connectivity index (χ0n) is 19.2. The van der Waals surface area contributed by atoms with Gasteiger partial charge in [0, 0.05) is 25.2 Å². The van der Waals surface area contributed by atoms with Gasteiger partial charge in [-0.15, -0.1) is 6.42 Å². The van der Waals surface area contributed by atoms with E-state index in [1.165, 1.54) is 42.0 Å². The van der Waals surface area contributed by atoms with E-state index in [0.29, 0.717) is 29.1 Å². The number of carbonyl (C=O) groups is 1. The van der Waals surface area contributed by atoms with Crippen LogP contribution in [0.2, 0.25) is 0 Å². The van der Waals surface area contributed by atoms with Crippen LogP contribution in [0, 0.1) is 24.1 Å². The highest BCUT2D eigenvalue weighted by Crippen LogP contribution is 2.33. The normalized spacial score (nSPS) is 17.3. The first-order valence-electron chi connectivity index (χ1n) is 10.8. The lowest BCUT2D eigenvalue weighted by atomic mass is 9.99. The van der Waals surface area contributed by atoms with Crippen LogP contribution in [-0.2, 0) is 21.4 Å². The van der Waals surface area contributed by atoms with Crippen molar-refractivity contribution in [2.24, 2.45) is 10.9 Å². The molecule has 8 nitrogen and oxygen atoms in total. The van der Waals surface area contributed by atoms with E-state index < -0.39 is 27.7 Å². The number of thiazole rings is 1. The smallest absolute Gasteiger partial charge is 0.252 e. The van der Waals surface area contributed by atoms with Crippen molar-refractivity contribution in [3.05, 3.63) is 47.0 Å². The minimum Gasteiger partial charge on any atom is -0.493 e. The molecule has 4 rings (SSSR count). The average Bonchev–Trinajstić information content (AvgIpc) is 3.19. The molecule has 0 spiro atoms. The molecule has 0 N–H and O–H groups in total. The third kappa shape index (κ3) is 4.96. The number of hydrogen-bond donors (Lipinski definition) is 0. The molecule has 1 aliphatic heterocycles. The minimum absolute atomic E-state index is 0.00369. The number of nitrogens with zero attached hydrogens (tertiary/aromatic N) is 3. The second kappa shape index (κ2) is 10.2. The molecule has 2 heterocycles. The number of ether oxygens (including phenoxy) is 2. The molecule has 1 aliphatic rings. The van der Waals surface area contributed by atoms with Gasteiger partial charge >= 0.3 is 0 Å². The van der Waals surface area contributed by atoms with Crippen LogP contribution in [0.4, 0.5) is 4.39 Å². The summed E-state index contributed by atoms with van der Waals surface area (Å²) in [4.78, 5) is 17.9. The summed E-state index contributed by atoms with van der Waals surface area (Å²) in [7, 11) is -0.784. The SMILES string of the molecule is C#CCn1c(=NC(=O)C2CCCN(S(=O)(=O)c3ccc(F)cc3)C2)sc2cc(OC)c(OC)cc21. The Hall–Kier alpha value is -3.20. The van der Waals surface area contributed by atoms with Crippen LogP contribution in [0.5, 0.6) is 11.5 Å². The fourth-order valence-electron chi connectivity index (χ4n) is 4.03. The van der Waals surface area contributed by atoms with E-state index >= 15 is 0 Å². The lowest BCUT2D eigenvalue weighted by Crippen LogP contribution is -2.42. The van der Waals surface area contributed by atoms with Crippen molar-refractivity contribution in [2.45, 2.75) is 24.3 Å². The third-order valence-corrected chi connectivity index (χ3v) is 8.75. The summed E-state index contributed by atoms with van der Waals surface area (Å²) < 4.78 is 53.9. The van der Waals surface area contributed by atoms with Crippen molar-refractivity contribution in [1.29, 1.82) is 0 Å². The molecule has 1 unspecified atom stereocenters. The quantitative estimate of drug-likeness (QED) is 0.469. The topological polar surface area (TPSA) is 90.2 Å². The maximum absolute atomic E-state index is 13.2. The van der Waals surface area contributed by atoms with Crippen LogP contribution in [0.3, 0.4) is 0 Å². The second-order valence-electron chi connectivity index (χ2n) is 7.96. The summed E-state index contributed by atoms with van der Waals surface area (Å²) in [6.45, 7) is 0.476. The Kier molecular flexibility index (Phi) is 7.25. The molecule has 1 aromatic heterocycles. The van der Waals surface area contributed by atoms with Gasteiger partial charge in [-0.05, 0) is 37.1 Å². The zero-order valence-corrected chi connectivity index (χ0v) is 20.9. The van der Waals surface area contributed by atoms with Crippen molar-refractivity contribution in [1.82, 2.24) is 8.87 Å². The number of carbonyl (C=O) groups excluding carboxylic acids is 1. The Morgan fingerprint density at radius 2 is 1.91 bits per heavy atom. The van der Waals surface area contributed by atoms with Crippen molar-refractivity contribution >= 4 is 37.5 Å². The summed E-state index contributed by atoms with van der Waals surface area (Å²) in [6, 6.07) is 8.23. The standard InChI is InChI=1S/C24H24FN3O5S2/c1-4-11-28-19-13-20(32-2)21(33-3)14-22(19)34-24(28)26-23(29)16-6-5-12-27(15-16)35(30,31)18-9-7-17(25)8-10-18/h1,7-10,13-14,16H,5-6,11-12,15H2,2-3H3. The summed E-state index contributed by atoms with van der Waals surface area (Å²) in [5.74, 6) is 2.11. The number of sulfonamides is 1. The molecular weight excluding hydrogens is 493 g/mol. The van der Waals surface area contributed by atoms with Gasteiger partial charge in [0.15, 0.2) is 16.3 Å². The molecule has 0 aliphatic carbocycles. The second-order valence-corrected chi connectivity index (χ2v) is 10.9. The van der Waals surface area contributed by atoms with E-state index in [4.69, 9.17) is 15.9 Å². The average molecular weight is 518 g/mol. The molecule has 11 heteroatoms.